The molecule has 2 aromatic heterocycles. The van der Waals surface area contributed by atoms with Gasteiger partial charge >= 0.3 is 0 Å². The molecule has 0 amide bonds. The number of anilines is 1. The van der Waals surface area contributed by atoms with Crippen molar-refractivity contribution < 1.29 is 8.42 Å². The fraction of sp³-hybridized carbons (Fsp3) is 0.143. The third-order valence-electron chi connectivity index (χ3n) is 3.05. The number of nitrogens with one attached hydrogen (secondary N) is 1. The van der Waals surface area contributed by atoms with Crippen LogP contribution in [0.15, 0.2) is 48.1 Å². The maximum atomic E-state index is 12.5. The van der Waals surface area contributed by atoms with Gasteiger partial charge in [-0.05, 0) is 37.1 Å². The second-order valence-corrected chi connectivity index (χ2v) is 6.71. The van der Waals surface area contributed by atoms with E-state index >= 15 is 0 Å². The van der Waals surface area contributed by atoms with Gasteiger partial charge in [0.05, 0.1) is 4.90 Å². The lowest BCUT2D eigenvalue weighted by Gasteiger charge is -2.09. The van der Waals surface area contributed by atoms with Crippen molar-refractivity contribution in [2.45, 2.75) is 18.7 Å². The van der Waals surface area contributed by atoms with Crippen molar-refractivity contribution in [2.75, 3.05) is 4.72 Å². The molecule has 0 fully saturated rings. The predicted molar refractivity (Wildman–Crippen MR) is 83.7 cm³/mol. The molecule has 3 rings (SSSR count). The summed E-state index contributed by atoms with van der Waals surface area (Å²) in [6, 6.07) is 6.60. The second kappa shape index (κ2) is 5.76. The maximum Gasteiger partial charge on any atom is 0.263 e. The van der Waals surface area contributed by atoms with E-state index in [0.29, 0.717) is 5.82 Å². The standard InChI is InChI=1S/C14H14N6O2S/c1-10-3-11(2)5-12(4-10)23(21,22)19-13-6-14(17-8-16-13)20-9-15-7-18-20/h3-9H,1-2H3,(H,16,17,19). The Morgan fingerprint density at radius 2 is 1.74 bits per heavy atom. The van der Waals surface area contributed by atoms with Gasteiger partial charge < -0.3 is 0 Å². The molecule has 118 valence electrons. The van der Waals surface area contributed by atoms with Gasteiger partial charge in [0.2, 0.25) is 0 Å². The van der Waals surface area contributed by atoms with Gasteiger partial charge in [-0.3, -0.25) is 4.72 Å². The minimum atomic E-state index is -3.73. The average molecular weight is 330 g/mol. The normalized spacial score (nSPS) is 11.4. The molecule has 0 bridgehead atoms. The molecule has 0 unspecified atom stereocenters. The number of rotatable bonds is 4. The van der Waals surface area contributed by atoms with Crippen molar-refractivity contribution in [3.8, 4) is 5.82 Å². The van der Waals surface area contributed by atoms with Crippen LogP contribution in [-0.2, 0) is 10.0 Å². The van der Waals surface area contributed by atoms with Gasteiger partial charge in [0.1, 0.15) is 24.8 Å². The van der Waals surface area contributed by atoms with Gasteiger partial charge in [-0.25, -0.2) is 28.1 Å². The Labute approximate surface area is 133 Å². The Bertz CT molecular complexity index is 917. The SMILES string of the molecule is Cc1cc(C)cc(S(=O)(=O)Nc2cc(-n3cncn3)ncn2)c1. The molecule has 0 aliphatic rings. The molecule has 2 heterocycles. The van der Waals surface area contributed by atoms with E-state index in [1.165, 1.54) is 29.7 Å². The summed E-state index contributed by atoms with van der Waals surface area (Å²) >= 11 is 0. The average Bonchev–Trinajstić information content (AvgIpc) is 3.00. The fourth-order valence-corrected chi connectivity index (χ4v) is 3.33. The van der Waals surface area contributed by atoms with E-state index in [-0.39, 0.29) is 10.7 Å². The Balaban J connectivity index is 1.93. The molecule has 1 N–H and O–H groups in total. The number of aromatic nitrogens is 5. The molecule has 0 aliphatic heterocycles. The number of hydrogen-bond donors (Lipinski definition) is 1. The maximum absolute atomic E-state index is 12.5. The van der Waals surface area contributed by atoms with E-state index in [4.69, 9.17) is 0 Å². The molecule has 9 heteroatoms. The van der Waals surface area contributed by atoms with Crippen LogP contribution >= 0.6 is 0 Å². The first-order valence-electron chi connectivity index (χ1n) is 6.72. The Morgan fingerprint density at radius 3 is 2.39 bits per heavy atom. The van der Waals surface area contributed by atoms with Crippen LogP contribution in [-0.4, -0.2) is 33.2 Å². The summed E-state index contributed by atoms with van der Waals surface area (Å²) in [6.45, 7) is 3.69. The van der Waals surface area contributed by atoms with E-state index in [1.54, 1.807) is 12.1 Å². The quantitative estimate of drug-likeness (QED) is 0.777. The zero-order chi connectivity index (χ0) is 16.4. The Kier molecular flexibility index (Phi) is 3.78. The molecule has 0 spiro atoms. The summed E-state index contributed by atoms with van der Waals surface area (Å²) in [5.41, 5.74) is 1.74. The van der Waals surface area contributed by atoms with Gasteiger partial charge in [0.25, 0.3) is 10.0 Å². The van der Waals surface area contributed by atoms with E-state index in [2.05, 4.69) is 24.8 Å². The van der Waals surface area contributed by atoms with E-state index in [1.807, 2.05) is 19.9 Å². The van der Waals surface area contributed by atoms with Crippen LogP contribution < -0.4 is 4.72 Å². The largest absolute Gasteiger partial charge is 0.263 e. The third-order valence-corrected chi connectivity index (χ3v) is 4.38. The van der Waals surface area contributed by atoms with Crippen LogP contribution in [0, 0.1) is 13.8 Å². The lowest BCUT2D eigenvalue weighted by molar-refractivity contribution is 0.601. The highest BCUT2D eigenvalue weighted by molar-refractivity contribution is 7.92. The van der Waals surface area contributed by atoms with Gasteiger partial charge in [-0.1, -0.05) is 6.07 Å². The van der Waals surface area contributed by atoms with Crippen LogP contribution in [0.25, 0.3) is 5.82 Å². The molecule has 23 heavy (non-hydrogen) atoms. The van der Waals surface area contributed by atoms with Gasteiger partial charge in [0.15, 0.2) is 5.82 Å². The summed E-state index contributed by atoms with van der Waals surface area (Å²) in [5.74, 6) is 0.570. The van der Waals surface area contributed by atoms with Crippen LogP contribution in [0.2, 0.25) is 0 Å². The summed E-state index contributed by atoms with van der Waals surface area (Å²) in [5, 5.41) is 3.94. The Morgan fingerprint density at radius 1 is 1.00 bits per heavy atom. The fourth-order valence-electron chi connectivity index (χ4n) is 2.14. The highest BCUT2D eigenvalue weighted by Crippen LogP contribution is 2.18. The van der Waals surface area contributed by atoms with Crippen molar-refractivity contribution in [2.24, 2.45) is 0 Å². The van der Waals surface area contributed by atoms with Crippen LogP contribution in [0.3, 0.4) is 0 Å². The molecular formula is C14H14N6O2S. The molecule has 3 aromatic rings. The van der Waals surface area contributed by atoms with Crippen molar-refractivity contribution in [1.82, 2.24) is 24.7 Å². The summed E-state index contributed by atoms with van der Waals surface area (Å²) in [7, 11) is -3.73. The number of benzene rings is 1. The first kappa shape index (κ1) is 15.1. The van der Waals surface area contributed by atoms with E-state index < -0.39 is 10.0 Å². The van der Waals surface area contributed by atoms with Crippen LogP contribution in [0.4, 0.5) is 5.82 Å². The van der Waals surface area contributed by atoms with Crippen molar-refractivity contribution in [1.29, 1.82) is 0 Å². The molecule has 0 atom stereocenters. The van der Waals surface area contributed by atoms with Gasteiger partial charge in [-0.15, -0.1) is 0 Å². The summed E-state index contributed by atoms with van der Waals surface area (Å²) in [4.78, 5) is 12.0. The van der Waals surface area contributed by atoms with E-state index in [0.717, 1.165) is 11.1 Å². The lowest BCUT2D eigenvalue weighted by Crippen LogP contribution is -2.15. The van der Waals surface area contributed by atoms with Gasteiger partial charge in [0, 0.05) is 6.07 Å². The summed E-state index contributed by atoms with van der Waals surface area (Å²) in [6.07, 6.45) is 4.09. The smallest absolute Gasteiger partial charge is 0.263 e. The third kappa shape index (κ3) is 3.34. The van der Waals surface area contributed by atoms with Crippen molar-refractivity contribution >= 4 is 15.8 Å². The summed E-state index contributed by atoms with van der Waals surface area (Å²) < 4.78 is 28.9. The zero-order valence-corrected chi connectivity index (χ0v) is 13.3. The van der Waals surface area contributed by atoms with E-state index in [9.17, 15) is 8.42 Å². The molecular weight excluding hydrogens is 316 g/mol. The molecule has 1 aromatic carbocycles. The second-order valence-electron chi connectivity index (χ2n) is 5.03. The molecule has 0 radical (unpaired) electrons. The number of hydrogen-bond acceptors (Lipinski definition) is 6. The topological polar surface area (TPSA) is 103 Å². The molecule has 0 aliphatic carbocycles. The first-order chi connectivity index (χ1) is 10.9. The monoisotopic (exact) mass is 330 g/mol. The number of aryl methyl sites for hydroxylation is 2. The van der Waals surface area contributed by atoms with Gasteiger partial charge in [-0.2, -0.15) is 5.10 Å². The minimum Gasteiger partial charge on any atom is -0.263 e. The number of sulfonamides is 1. The molecule has 8 nitrogen and oxygen atoms in total. The van der Waals surface area contributed by atoms with Crippen LogP contribution in [0.1, 0.15) is 11.1 Å². The molecule has 0 saturated carbocycles. The Hall–Kier alpha value is -2.81. The highest BCUT2D eigenvalue weighted by atomic mass is 32.2. The van der Waals surface area contributed by atoms with Crippen LogP contribution in [0.5, 0.6) is 0 Å². The lowest BCUT2D eigenvalue weighted by atomic mass is 10.2. The minimum absolute atomic E-state index is 0.157. The predicted octanol–water partition coefficient (Wildman–Crippen LogP) is 1.47. The number of nitrogens with zero attached hydrogens (tertiary/aromatic N) is 5. The zero-order valence-electron chi connectivity index (χ0n) is 12.5. The molecule has 0 saturated heterocycles. The van der Waals surface area contributed by atoms with Crippen molar-refractivity contribution in [3.05, 3.63) is 54.4 Å². The highest BCUT2D eigenvalue weighted by Gasteiger charge is 2.16. The van der Waals surface area contributed by atoms with Crippen molar-refractivity contribution in [3.63, 3.8) is 0 Å². The first-order valence-corrected chi connectivity index (χ1v) is 8.20.